The third-order valence-electron chi connectivity index (χ3n) is 4.30. The van der Waals surface area contributed by atoms with E-state index in [-0.39, 0.29) is 18.0 Å². The fraction of sp³-hybridized carbons (Fsp3) is 0.444. The van der Waals surface area contributed by atoms with Crippen molar-refractivity contribution < 1.29 is 4.79 Å². The van der Waals surface area contributed by atoms with Gasteiger partial charge in [-0.2, -0.15) is 5.10 Å². The molecule has 2 heterocycles. The van der Waals surface area contributed by atoms with Crippen LogP contribution in [0.1, 0.15) is 36.1 Å². The summed E-state index contributed by atoms with van der Waals surface area (Å²) in [5, 5.41) is 7.25. The van der Waals surface area contributed by atoms with E-state index in [1.54, 1.807) is 18.5 Å². The molecule has 0 bridgehead atoms. The molecule has 1 aliphatic carbocycles. The summed E-state index contributed by atoms with van der Waals surface area (Å²) < 4.78 is 1.28. The molecule has 2 aromatic rings. The molecule has 0 fully saturated rings. The molecule has 1 aliphatic rings. The summed E-state index contributed by atoms with van der Waals surface area (Å²) in [6, 6.07) is 5.49. The Morgan fingerprint density at radius 2 is 1.96 bits per heavy atom. The zero-order valence-electron chi connectivity index (χ0n) is 13.7. The summed E-state index contributed by atoms with van der Waals surface area (Å²) in [5.74, 6) is -0.188. The molecule has 0 spiro atoms. The molecule has 1 amide bonds. The van der Waals surface area contributed by atoms with Crippen molar-refractivity contribution in [3.8, 4) is 0 Å². The number of pyridine rings is 1. The Kier molecular flexibility index (Phi) is 5.36. The van der Waals surface area contributed by atoms with Crippen molar-refractivity contribution in [3.63, 3.8) is 0 Å². The predicted octanol–water partition coefficient (Wildman–Crippen LogP) is 1.27. The highest BCUT2D eigenvalue weighted by atomic mass is 16.2. The van der Waals surface area contributed by atoms with Gasteiger partial charge in [0.15, 0.2) is 0 Å². The average molecular weight is 326 g/mol. The number of aromatic nitrogens is 3. The van der Waals surface area contributed by atoms with Crippen LogP contribution in [-0.4, -0.2) is 27.2 Å². The molecule has 24 heavy (non-hydrogen) atoms. The lowest BCUT2D eigenvalue weighted by molar-refractivity contribution is -0.121. The third kappa shape index (κ3) is 4.28. The normalized spacial score (nSPS) is 13.8. The number of fused-ring (bicyclic) bond motifs is 1. The van der Waals surface area contributed by atoms with Crippen LogP contribution in [0.15, 0.2) is 35.4 Å². The number of hydrogen-bond acceptors (Lipinski definition) is 4. The quantitative estimate of drug-likeness (QED) is 0.840. The van der Waals surface area contributed by atoms with Gasteiger partial charge in [-0.25, -0.2) is 4.68 Å². The molecule has 0 saturated carbocycles. The monoisotopic (exact) mass is 326 g/mol. The van der Waals surface area contributed by atoms with Crippen LogP contribution in [0.3, 0.4) is 0 Å². The summed E-state index contributed by atoms with van der Waals surface area (Å²) in [4.78, 5) is 28.2. The van der Waals surface area contributed by atoms with Crippen molar-refractivity contribution in [2.24, 2.45) is 0 Å². The van der Waals surface area contributed by atoms with E-state index in [2.05, 4.69) is 15.4 Å². The summed E-state index contributed by atoms with van der Waals surface area (Å²) in [7, 11) is 0. The van der Waals surface area contributed by atoms with Gasteiger partial charge in [-0.05, 0) is 55.4 Å². The number of rotatable bonds is 5. The van der Waals surface area contributed by atoms with E-state index in [1.165, 1.54) is 11.1 Å². The number of amides is 1. The Bertz CT molecular complexity index is 755. The molecule has 0 atom stereocenters. The van der Waals surface area contributed by atoms with E-state index in [9.17, 15) is 9.59 Å². The van der Waals surface area contributed by atoms with Crippen LogP contribution >= 0.6 is 0 Å². The van der Waals surface area contributed by atoms with E-state index < -0.39 is 0 Å². The van der Waals surface area contributed by atoms with Gasteiger partial charge < -0.3 is 5.32 Å². The van der Waals surface area contributed by atoms with Crippen LogP contribution in [-0.2, 0) is 30.6 Å². The van der Waals surface area contributed by atoms with Crippen LogP contribution in [0.25, 0.3) is 0 Å². The van der Waals surface area contributed by atoms with Crippen molar-refractivity contribution in [2.45, 2.75) is 45.1 Å². The summed E-state index contributed by atoms with van der Waals surface area (Å²) >= 11 is 0. The van der Waals surface area contributed by atoms with E-state index in [1.807, 2.05) is 12.1 Å². The number of nitrogens with zero attached hydrogens (tertiary/aromatic N) is 3. The molecule has 1 N–H and O–H groups in total. The minimum absolute atomic E-state index is 0.0253. The van der Waals surface area contributed by atoms with Gasteiger partial charge in [0.2, 0.25) is 5.91 Å². The Hall–Kier alpha value is -2.50. The maximum absolute atomic E-state index is 12.1. The fourth-order valence-electron chi connectivity index (χ4n) is 2.98. The van der Waals surface area contributed by atoms with Crippen LogP contribution < -0.4 is 10.9 Å². The van der Waals surface area contributed by atoms with E-state index >= 15 is 0 Å². The molecule has 3 rings (SSSR count). The SMILES string of the molecule is O=C(Cn1nc2c(cc1=O)CCCCC2)NCCc1ccncc1. The molecule has 6 heteroatoms. The second kappa shape index (κ2) is 7.86. The van der Waals surface area contributed by atoms with Crippen LogP contribution in [0.2, 0.25) is 0 Å². The molecule has 126 valence electrons. The summed E-state index contributed by atoms with van der Waals surface area (Å²) in [5.41, 5.74) is 2.94. The van der Waals surface area contributed by atoms with E-state index in [0.717, 1.165) is 48.9 Å². The first kappa shape index (κ1) is 16.4. The molecule has 6 nitrogen and oxygen atoms in total. The van der Waals surface area contributed by atoms with Crippen molar-refractivity contribution in [2.75, 3.05) is 6.54 Å². The topological polar surface area (TPSA) is 76.9 Å². The largest absolute Gasteiger partial charge is 0.354 e. The highest BCUT2D eigenvalue weighted by molar-refractivity contribution is 5.75. The Balaban J connectivity index is 1.58. The van der Waals surface area contributed by atoms with Gasteiger partial charge in [-0.15, -0.1) is 0 Å². The zero-order chi connectivity index (χ0) is 16.8. The first-order valence-electron chi connectivity index (χ1n) is 8.48. The average Bonchev–Trinajstić information content (AvgIpc) is 2.81. The fourth-order valence-corrected chi connectivity index (χ4v) is 2.98. The second-order valence-corrected chi connectivity index (χ2v) is 6.13. The second-order valence-electron chi connectivity index (χ2n) is 6.13. The van der Waals surface area contributed by atoms with Crippen LogP contribution in [0.5, 0.6) is 0 Å². The minimum atomic E-state index is -0.195. The van der Waals surface area contributed by atoms with Gasteiger partial charge in [0.1, 0.15) is 6.54 Å². The number of aryl methyl sites for hydroxylation is 2. The van der Waals surface area contributed by atoms with Crippen molar-refractivity contribution in [1.29, 1.82) is 0 Å². The molecule has 2 aromatic heterocycles. The van der Waals surface area contributed by atoms with Gasteiger partial charge in [-0.3, -0.25) is 14.6 Å². The standard InChI is InChI=1S/C18H22N4O2/c23-17(20-11-8-14-6-9-19-10-7-14)13-22-18(24)12-15-4-2-1-3-5-16(15)21-22/h6-7,9-10,12H,1-5,8,11,13H2,(H,20,23). The van der Waals surface area contributed by atoms with Gasteiger partial charge in [0.05, 0.1) is 5.69 Å². The van der Waals surface area contributed by atoms with E-state index in [4.69, 9.17) is 0 Å². The van der Waals surface area contributed by atoms with Gasteiger partial charge in [0, 0.05) is 25.0 Å². The zero-order valence-corrected chi connectivity index (χ0v) is 13.7. The minimum Gasteiger partial charge on any atom is -0.354 e. The first-order chi connectivity index (χ1) is 11.7. The van der Waals surface area contributed by atoms with Crippen LogP contribution in [0.4, 0.5) is 0 Å². The van der Waals surface area contributed by atoms with Gasteiger partial charge in [-0.1, -0.05) is 6.42 Å². The number of carbonyl (C=O) groups excluding carboxylic acids is 1. The number of carbonyl (C=O) groups is 1. The predicted molar refractivity (Wildman–Crippen MR) is 90.7 cm³/mol. The Morgan fingerprint density at radius 3 is 2.79 bits per heavy atom. The number of nitrogens with one attached hydrogen (secondary N) is 1. The molecule has 0 saturated heterocycles. The van der Waals surface area contributed by atoms with Crippen molar-refractivity contribution in [3.05, 3.63) is 57.8 Å². The third-order valence-corrected chi connectivity index (χ3v) is 4.30. The van der Waals surface area contributed by atoms with Crippen molar-refractivity contribution >= 4 is 5.91 Å². The lowest BCUT2D eigenvalue weighted by atomic mass is 10.1. The highest BCUT2D eigenvalue weighted by Crippen LogP contribution is 2.16. The van der Waals surface area contributed by atoms with Crippen LogP contribution in [0, 0.1) is 0 Å². The molecular weight excluding hydrogens is 304 g/mol. The van der Waals surface area contributed by atoms with Gasteiger partial charge in [0.25, 0.3) is 5.56 Å². The maximum atomic E-state index is 12.1. The van der Waals surface area contributed by atoms with Crippen molar-refractivity contribution in [1.82, 2.24) is 20.1 Å². The summed E-state index contributed by atoms with van der Waals surface area (Å²) in [6.07, 6.45) is 9.37. The molecule has 0 aromatic carbocycles. The van der Waals surface area contributed by atoms with E-state index in [0.29, 0.717) is 6.54 Å². The molecule has 0 radical (unpaired) electrons. The molecule has 0 unspecified atom stereocenters. The number of hydrogen-bond donors (Lipinski definition) is 1. The summed E-state index contributed by atoms with van der Waals surface area (Å²) in [6.45, 7) is 0.505. The first-order valence-corrected chi connectivity index (χ1v) is 8.48. The Labute approximate surface area is 140 Å². The highest BCUT2D eigenvalue weighted by Gasteiger charge is 2.13. The maximum Gasteiger partial charge on any atom is 0.267 e. The lowest BCUT2D eigenvalue weighted by Crippen LogP contribution is -2.35. The smallest absolute Gasteiger partial charge is 0.267 e. The Morgan fingerprint density at radius 1 is 1.17 bits per heavy atom. The lowest BCUT2D eigenvalue weighted by Gasteiger charge is -2.10. The van der Waals surface area contributed by atoms with Gasteiger partial charge >= 0.3 is 0 Å². The molecule has 0 aliphatic heterocycles. The molecular formula is C18H22N4O2.